The Morgan fingerprint density at radius 1 is 0.582 bits per heavy atom. The van der Waals surface area contributed by atoms with E-state index in [1.54, 1.807) is 23.5 Å². The number of nitrogens with zero attached hydrogens (tertiary/aromatic N) is 5. The molecule has 2 saturated heterocycles. The summed E-state index contributed by atoms with van der Waals surface area (Å²) in [5, 5.41) is 6.06. The molecule has 2 aromatic heterocycles. The van der Waals surface area contributed by atoms with Crippen molar-refractivity contribution >= 4 is 57.1 Å². The summed E-state index contributed by atoms with van der Waals surface area (Å²) < 4.78 is 5.01. The average molecular weight is 935 g/mol. The average Bonchev–Trinajstić information content (AvgIpc) is 4.10. The number of carbonyl (C=O) groups is 2. The molecule has 0 spiro atoms. The van der Waals surface area contributed by atoms with Crippen LogP contribution in [-0.4, -0.2) is 93.5 Å². The molecule has 5 aliphatic rings. The van der Waals surface area contributed by atoms with Crippen molar-refractivity contribution in [3.05, 3.63) is 130 Å². The lowest BCUT2D eigenvalue weighted by molar-refractivity contribution is 0.0689. The van der Waals surface area contributed by atoms with Crippen LogP contribution in [0.25, 0.3) is 21.8 Å². The van der Waals surface area contributed by atoms with Crippen molar-refractivity contribution in [1.82, 2.24) is 29.2 Å². The van der Waals surface area contributed by atoms with E-state index >= 15 is 0 Å². The summed E-state index contributed by atoms with van der Waals surface area (Å²) in [5.74, 6) is 1.85. The molecule has 0 bridgehead atoms. The monoisotopic (exact) mass is 935 g/mol. The van der Waals surface area contributed by atoms with Gasteiger partial charge >= 0.3 is 0 Å². The summed E-state index contributed by atoms with van der Waals surface area (Å²) in [5.41, 5.74) is 12.6. The van der Waals surface area contributed by atoms with Crippen molar-refractivity contribution in [3.8, 4) is 0 Å². The third kappa shape index (κ3) is 9.88. The lowest BCUT2D eigenvalue weighted by Crippen LogP contribution is -2.38. The van der Waals surface area contributed by atoms with Crippen molar-refractivity contribution in [2.75, 3.05) is 51.8 Å². The second-order valence-corrected chi connectivity index (χ2v) is 22.0. The third-order valence-electron chi connectivity index (χ3n) is 15.9. The summed E-state index contributed by atoms with van der Waals surface area (Å²) >= 11 is 3.57. The van der Waals surface area contributed by atoms with Crippen LogP contribution in [0.5, 0.6) is 0 Å². The Hall–Kier alpha value is -4.48. The van der Waals surface area contributed by atoms with E-state index in [2.05, 4.69) is 129 Å². The van der Waals surface area contributed by atoms with Gasteiger partial charge in [0.15, 0.2) is 0 Å². The number of benzene rings is 4. The zero-order chi connectivity index (χ0) is 46.0. The SMILES string of the molecule is CSc1ccc(Cn2c3c(c4cc(C(=O)N5CCC(C)CC5)ccc42)CN(C2CCCC2)CC3)cc1.CSc1ccc(Cn2c3c(c4cc(C(=O)N5CCC(C)CC5)ccc42)CNCC3)cc1. The van der Waals surface area contributed by atoms with Gasteiger partial charge in [0.1, 0.15) is 0 Å². The number of thioether (sulfide) groups is 2. The maximum absolute atomic E-state index is 13.5. The third-order valence-corrected chi connectivity index (χ3v) is 17.4. The molecular formula is C57H70N6O2S2. The van der Waals surface area contributed by atoms with E-state index in [4.69, 9.17) is 0 Å². The van der Waals surface area contributed by atoms with E-state index < -0.39 is 0 Å². The molecule has 0 atom stereocenters. The zero-order valence-electron chi connectivity index (χ0n) is 40.3. The molecule has 352 valence electrons. The number of piperidine rings is 2. The number of amides is 2. The Balaban J connectivity index is 0.000000159. The number of aromatic nitrogens is 2. The standard InChI is InChI=1S/C31H39N3OS.C26H31N3OS/c1-22-13-16-32(17-14-22)31(35)24-9-12-29-27(19-24)28-21-33(25-5-3-4-6-25)18-15-30(28)34(29)20-23-7-10-26(36-2)11-8-23;1-18-10-13-28(14-11-18)26(30)20-5-8-24-22(15-20)23-16-27-12-9-25(23)29(24)17-19-3-6-21(31-2)7-4-19/h7-12,19,22,25H,3-6,13-18,20-21H2,1-2H3;3-8,15,18,27H,9-14,16-17H2,1-2H3. The first kappa shape index (κ1) is 46.3. The highest BCUT2D eigenvalue weighted by Crippen LogP contribution is 2.37. The molecule has 4 aliphatic heterocycles. The first-order chi connectivity index (χ1) is 32.7. The van der Waals surface area contributed by atoms with Gasteiger partial charge < -0.3 is 24.3 Å². The molecule has 2 amide bonds. The minimum atomic E-state index is 0.187. The molecule has 11 rings (SSSR count). The van der Waals surface area contributed by atoms with Crippen LogP contribution >= 0.6 is 23.5 Å². The highest BCUT2D eigenvalue weighted by atomic mass is 32.2. The van der Waals surface area contributed by atoms with Gasteiger partial charge in [0.25, 0.3) is 11.8 Å². The van der Waals surface area contributed by atoms with Crippen LogP contribution in [0.3, 0.4) is 0 Å². The van der Waals surface area contributed by atoms with E-state index in [0.29, 0.717) is 0 Å². The quantitative estimate of drug-likeness (QED) is 0.146. The molecule has 0 radical (unpaired) electrons. The van der Waals surface area contributed by atoms with Gasteiger partial charge in [-0.3, -0.25) is 14.5 Å². The Labute approximate surface area is 407 Å². The minimum Gasteiger partial charge on any atom is -0.340 e. The second-order valence-electron chi connectivity index (χ2n) is 20.2. The summed E-state index contributed by atoms with van der Waals surface area (Å²) in [4.78, 5) is 36.1. The molecule has 1 N–H and O–H groups in total. The first-order valence-corrected chi connectivity index (χ1v) is 27.8. The van der Waals surface area contributed by atoms with E-state index in [9.17, 15) is 9.59 Å². The Kier molecular flexibility index (Phi) is 14.2. The highest BCUT2D eigenvalue weighted by molar-refractivity contribution is 7.98. The molecule has 1 saturated carbocycles. The molecule has 67 heavy (non-hydrogen) atoms. The van der Waals surface area contributed by atoms with Gasteiger partial charge in [-0.2, -0.15) is 0 Å². The number of nitrogens with one attached hydrogen (secondary N) is 1. The fraction of sp³-hybridized carbons (Fsp3) is 0.474. The van der Waals surface area contributed by atoms with Gasteiger partial charge in [-0.25, -0.2) is 0 Å². The van der Waals surface area contributed by atoms with Crippen LogP contribution in [0.2, 0.25) is 0 Å². The van der Waals surface area contributed by atoms with Gasteiger partial charge in [0, 0.05) is 138 Å². The van der Waals surface area contributed by atoms with Gasteiger partial charge in [0.2, 0.25) is 0 Å². The number of hydrogen-bond acceptors (Lipinski definition) is 6. The Morgan fingerprint density at radius 2 is 1.06 bits per heavy atom. The van der Waals surface area contributed by atoms with Crippen LogP contribution in [0, 0.1) is 11.8 Å². The van der Waals surface area contributed by atoms with Crippen LogP contribution in [0.1, 0.15) is 120 Å². The molecule has 6 aromatic rings. The van der Waals surface area contributed by atoms with Gasteiger partial charge in [-0.1, -0.05) is 51.0 Å². The number of likely N-dealkylation sites (tertiary alicyclic amines) is 2. The molecule has 6 heterocycles. The zero-order valence-corrected chi connectivity index (χ0v) is 42.0. The fourth-order valence-corrected chi connectivity index (χ4v) is 12.5. The Morgan fingerprint density at radius 3 is 1.55 bits per heavy atom. The van der Waals surface area contributed by atoms with E-state index in [1.807, 2.05) is 11.0 Å². The minimum absolute atomic E-state index is 0.187. The number of rotatable bonds is 9. The fourth-order valence-electron chi connectivity index (χ4n) is 11.7. The summed E-state index contributed by atoms with van der Waals surface area (Å²) in [6, 6.07) is 31.5. The topological polar surface area (TPSA) is 65.8 Å². The predicted molar refractivity (Wildman–Crippen MR) is 279 cm³/mol. The lowest BCUT2D eigenvalue weighted by Gasteiger charge is -2.33. The second kappa shape index (κ2) is 20.6. The smallest absolute Gasteiger partial charge is 0.253 e. The summed E-state index contributed by atoms with van der Waals surface area (Å²) in [7, 11) is 0. The molecule has 10 heteroatoms. The van der Waals surface area contributed by atoms with E-state index in [1.165, 1.54) is 90.9 Å². The van der Waals surface area contributed by atoms with E-state index in [0.717, 1.165) is 133 Å². The molecule has 3 fully saturated rings. The number of fused-ring (bicyclic) bond motifs is 6. The first-order valence-electron chi connectivity index (χ1n) is 25.3. The largest absolute Gasteiger partial charge is 0.340 e. The van der Waals surface area contributed by atoms with Gasteiger partial charge in [-0.15, -0.1) is 23.5 Å². The molecule has 1 aliphatic carbocycles. The van der Waals surface area contributed by atoms with Crippen LogP contribution in [0.4, 0.5) is 0 Å². The van der Waals surface area contributed by atoms with Crippen LogP contribution in [0.15, 0.2) is 94.7 Å². The van der Waals surface area contributed by atoms with Crippen molar-refractivity contribution < 1.29 is 9.59 Å². The normalized spacial score (nSPS) is 18.6. The van der Waals surface area contributed by atoms with Gasteiger partial charge in [0.05, 0.1) is 0 Å². The van der Waals surface area contributed by atoms with Crippen molar-refractivity contribution in [2.24, 2.45) is 11.8 Å². The maximum atomic E-state index is 13.5. The van der Waals surface area contributed by atoms with Crippen LogP contribution < -0.4 is 5.32 Å². The van der Waals surface area contributed by atoms with Gasteiger partial charge in [-0.05, 0) is 146 Å². The summed E-state index contributed by atoms with van der Waals surface area (Å²) in [6.07, 6.45) is 16.2. The molecular weight excluding hydrogens is 865 g/mol. The molecule has 0 unspecified atom stereocenters. The maximum Gasteiger partial charge on any atom is 0.253 e. The lowest BCUT2D eigenvalue weighted by atomic mass is 9.98. The Bertz CT molecular complexity index is 2700. The van der Waals surface area contributed by atoms with Crippen molar-refractivity contribution in [3.63, 3.8) is 0 Å². The van der Waals surface area contributed by atoms with Crippen molar-refractivity contribution in [2.45, 2.75) is 120 Å². The summed E-state index contributed by atoms with van der Waals surface area (Å²) in [6.45, 7) is 13.9. The van der Waals surface area contributed by atoms with Crippen LogP contribution in [-0.2, 0) is 39.0 Å². The predicted octanol–water partition coefficient (Wildman–Crippen LogP) is 11.5. The number of hydrogen-bond donors (Lipinski definition) is 1. The number of carbonyl (C=O) groups excluding carboxylic acids is 2. The molecule has 4 aromatic carbocycles. The van der Waals surface area contributed by atoms with E-state index in [-0.39, 0.29) is 11.8 Å². The highest BCUT2D eigenvalue weighted by Gasteiger charge is 2.31. The molecule has 8 nitrogen and oxygen atoms in total. The van der Waals surface area contributed by atoms with Crippen molar-refractivity contribution in [1.29, 1.82) is 0 Å².